The number of hydrogen-bond acceptors (Lipinski definition) is 6. The van der Waals surface area contributed by atoms with Crippen molar-refractivity contribution in [3.8, 4) is 11.4 Å². The molecule has 0 atom stereocenters. The zero-order valence-electron chi connectivity index (χ0n) is 15.3. The van der Waals surface area contributed by atoms with E-state index in [1.807, 2.05) is 22.8 Å². The van der Waals surface area contributed by atoms with Gasteiger partial charge in [0.25, 0.3) is 0 Å². The third-order valence-electron chi connectivity index (χ3n) is 4.21. The molecule has 150 valence electrons. The Hall–Kier alpha value is -2.78. The maximum Gasteiger partial charge on any atom is 0.321 e. The van der Waals surface area contributed by atoms with Crippen LogP contribution in [-0.4, -0.2) is 38.5 Å². The Morgan fingerprint density at radius 3 is 2.69 bits per heavy atom. The van der Waals surface area contributed by atoms with E-state index in [1.165, 1.54) is 11.8 Å². The number of benzene rings is 1. The number of carbonyl (C=O) groups excluding carboxylic acids is 2. The fourth-order valence-corrected chi connectivity index (χ4v) is 3.51. The number of halogens is 1. The van der Waals surface area contributed by atoms with E-state index >= 15 is 0 Å². The molecular formula is C19H18ClN5O3S. The van der Waals surface area contributed by atoms with Gasteiger partial charge < -0.3 is 9.73 Å². The van der Waals surface area contributed by atoms with E-state index in [4.69, 9.17) is 16.0 Å². The Balaban J connectivity index is 1.48. The molecule has 0 radical (unpaired) electrons. The molecule has 0 aliphatic heterocycles. The van der Waals surface area contributed by atoms with Crippen LogP contribution in [0.4, 0.5) is 4.79 Å². The molecule has 0 saturated heterocycles. The Labute approximate surface area is 176 Å². The van der Waals surface area contributed by atoms with Crippen molar-refractivity contribution in [2.75, 3.05) is 5.75 Å². The van der Waals surface area contributed by atoms with Gasteiger partial charge in [-0.15, -0.1) is 10.2 Å². The van der Waals surface area contributed by atoms with Gasteiger partial charge in [-0.3, -0.25) is 14.7 Å². The number of carbonyl (C=O) groups is 2. The number of thioether (sulfide) groups is 1. The van der Waals surface area contributed by atoms with Crippen molar-refractivity contribution in [3.05, 3.63) is 53.4 Å². The predicted molar refractivity (Wildman–Crippen MR) is 109 cm³/mol. The summed E-state index contributed by atoms with van der Waals surface area (Å²) in [6.45, 7) is 0.407. The second-order valence-electron chi connectivity index (χ2n) is 6.56. The summed E-state index contributed by atoms with van der Waals surface area (Å²) >= 11 is 7.18. The molecule has 0 bridgehead atoms. The van der Waals surface area contributed by atoms with Gasteiger partial charge in [0.15, 0.2) is 11.0 Å². The van der Waals surface area contributed by atoms with Gasteiger partial charge in [0, 0.05) is 16.6 Å². The van der Waals surface area contributed by atoms with Crippen LogP contribution in [0.5, 0.6) is 0 Å². The van der Waals surface area contributed by atoms with Crippen LogP contribution in [-0.2, 0) is 11.3 Å². The number of hydrogen-bond donors (Lipinski definition) is 2. The molecule has 0 unspecified atom stereocenters. The first-order valence-electron chi connectivity index (χ1n) is 9.03. The number of furan rings is 1. The lowest BCUT2D eigenvalue weighted by Crippen LogP contribution is -2.41. The first-order chi connectivity index (χ1) is 14.1. The van der Waals surface area contributed by atoms with Crippen molar-refractivity contribution >= 4 is 35.3 Å². The average Bonchev–Trinajstić information content (AvgIpc) is 3.20. The lowest BCUT2D eigenvalue weighted by Gasteiger charge is -2.09. The predicted octanol–water partition coefficient (Wildman–Crippen LogP) is 3.32. The molecule has 10 heteroatoms. The average molecular weight is 432 g/mol. The quantitative estimate of drug-likeness (QED) is 0.556. The topological polar surface area (TPSA) is 102 Å². The Morgan fingerprint density at radius 1 is 1.21 bits per heavy atom. The smallest absolute Gasteiger partial charge is 0.321 e. The maximum atomic E-state index is 12.1. The molecule has 29 heavy (non-hydrogen) atoms. The van der Waals surface area contributed by atoms with E-state index in [1.54, 1.807) is 24.5 Å². The third-order valence-corrected chi connectivity index (χ3v) is 5.43. The summed E-state index contributed by atoms with van der Waals surface area (Å²) in [4.78, 5) is 23.8. The Morgan fingerprint density at radius 2 is 2.00 bits per heavy atom. The number of urea groups is 1. The van der Waals surface area contributed by atoms with Crippen molar-refractivity contribution in [2.45, 2.75) is 30.6 Å². The van der Waals surface area contributed by atoms with E-state index in [0.29, 0.717) is 22.5 Å². The van der Waals surface area contributed by atoms with Crippen molar-refractivity contribution in [1.82, 2.24) is 25.4 Å². The zero-order valence-corrected chi connectivity index (χ0v) is 16.9. The molecule has 1 aliphatic carbocycles. The van der Waals surface area contributed by atoms with Crippen molar-refractivity contribution < 1.29 is 14.0 Å². The van der Waals surface area contributed by atoms with Gasteiger partial charge >= 0.3 is 6.03 Å². The van der Waals surface area contributed by atoms with Crippen molar-refractivity contribution in [3.63, 3.8) is 0 Å². The van der Waals surface area contributed by atoms with Crippen molar-refractivity contribution in [1.29, 1.82) is 0 Å². The highest BCUT2D eigenvalue weighted by atomic mass is 35.5. The van der Waals surface area contributed by atoms with Crippen LogP contribution < -0.4 is 10.6 Å². The Bertz CT molecular complexity index is 1000. The van der Waals surface area contributed by atoms with Crippen LogP contribution >= 0.6 is 23.4 Å². The van der Waals surface area contributed by atoms with Crippen LogP contribution in [0.15, 0.2) is 52.2 Å². The molecular weight excluding hydrogens is 414 g/mol. The van der Waals surface area contributed by atoms with Crippen LogP contribution in [0, 0.1) is 0 Å². The molecule has 8 nitrogen and oxygen atoms in total. The van der Waals surface area contributed by atoms with Gasteiger partial charge in [0.2, 0.25) is 5.91 Å². The minimum Gasteiger partial charge on any atom is -0.467 e. The summed E-state index contributed by atoms with van der Waals surface area (Å²) in [6.07, 6.45) is 3.51. The number of aromatic nitrogens is 3. The molecule has 1 aliphatic rings. The van der Waals surface area contributed by atoms with Crippen LogP contribution in [0.25, 0.3) is 11.4 Å². The highest BCUT2D eigenvalue weighted by molar-refractivity contribution is 7.99. The van der Waals surface area contributed by atoms with Crippen LogP contribution in [0.1, 0.15) is 18.6 Å². The fraction of sp³-hybridized carbons (Fsp3) is 0.263. The summed E-state index contributed by atoms with van der Waals surface area (Å²) in [5, 5.41) is 14.7. The Kier molecular flexibility index (Phi) is 5.86. The third kappa shape index (κ3) is 5.18. The van der Waals surface area contributed by atoms with E-state index in [0.717, 1.165) is 24.2 Å². The van der Waals surface area contributed by atoms with E-state index in [-0.39, 0.29) is 11.8 Å². The maximum absolute atomic E-state index is 12.1. The summed E-state index contributed by atoms with van der Waals surface area (Å²) in [6, 6.07) is 10.7. The minimum atomic E-state index is -0.461. The molecule has 2 N–H and O–H groups in total. The number of imide groups is 1. The van der Waals surface area contributed by atoms with Gasteiger partial charge in [-0.25, -0.2) is 4.79 Å². The standard InChI is InChI=1S/C19H18ClN5O3S/c20-13-5-3-12(4-6-13)17-23-24-19(25(17)10-15-2-1-9-28-15)29-11-16(26)22-18(27)21-14-7-8-14/h1-6,9,14H,7-8,10-11H2,(H2,21,22,26,27). The van der Waals surface area contributed by atoms with Gasteiger partial charge in [0.1, 0.15) is 5.76 Å². The molecule has 1 saturated carbocycles. The highest BCUT2D eigenvalue weighted by Gasteiger charge is 2.24. The van der Waals surface area contributed by atoms with Gasteiger partial charge in [0.05, 0.1) is 18.6 Å². The summed E-state index contributed by atoms with van der Waals surface area (Å²) in [5.41, 5.74) is 0.841. The summed E-state index contributed by atoms with van der Waals surface area (Å²) < 4.78 is 7.32. The second-order valence-corrected chi connectivity index (χ2v) is 7.94. The second kappa shape index (κ2) is 8.71. The SMILES string of the molecule is O=C(CSc1nnc(-c2ccc(Cl)cc2)n1Cc1ccco1)NC(=O)NC1CC1. The number of nitrogens with zero attached hydrogens (tertiary/aromatic N) is 3. The number of amides is 3. The molecule has 1 fully saturated rings. The molecule has 0 spiro atoms. The van der Waals surface area contributed by atoms with Gasteiger partial charge in [-0.2, -0.15) is 0 Å². The summed E-state index contributed by atoms with van der Waals surface area (Å²) in [7, 11) is 0. The first-order valence-corrected chi connectivity index (χ1v) is 10.4. The van der Waals surface area contributed by atoms with E-state index in [9.17, 15) is 9.59 Å². The molecule has 1 aromatic carbocycles. The monoisotopic (exact) mass is 431 g/mol. The number of rotatable bonds is 7. The van der Waals surface area contributed by atoms with Crippen LogP contribution in [0.2, 0.25) is 5.02 Å². The molecule has 2 heterocycles. The largest absolute Gasteiger partial charge is 0.467 e. The molecule has 3 amide bonds. The van der Waals surface area contributed by atoms with Gasteiger partial charge in [-0.05, 0) is 49.2 Å². The fourth-order valence-electron chi connectivity index (χ4n) is 2.65. The zero-order chi connectivity index (χ0) is 20.2. The normalized spacial score (nSPS) is 13.3. The summed E-state index contributed by atoms with van der Waals surface area (Å²) in [5.74, 6) is 1.01. The van der Waals surface area contributed by atoms with Gasteiger partial charge in [-0.1, -0.05) is 23.4 Å². The van der Waals surface area contributed by atoms with E-state index < -0.39 is 11.9 Å². The van der Waals surface area contributed by atoms with E-state index in [2.05, 4.69) is 20.8 Å². The lowest BCUT2D eigenvalue weighted by molar-refractivity contribution is -0.117. The molecule has 4 rings (SSSR count). The van der Waals surface area contributed by atoms with Crippen molar-refractivity contribution in [2.24, 2.45) is 0 Å². The molecule has 2 aromatic heterocycles. The minimum absolute atomic E-state index is 0.0367. The number of nitrogens with one attached hydrogen (secondary N) is 2. The lowest BCUT2D eigenvalue weighted by atomic mass is 10.2. The van der Waals surface area contributed by atoms with Crippen LogP contribution in [0.3, 0.4) is 0 Å². The highest BCUT2D eigenvalue weighted by Crippen LogP contribution is 2.26. The molecule has 3 aromatic rings. The first kappa shape index (κ1) is 19.5.